The van der Waals surface area contributed by atoms with Gasteiger partial charge < -0.3 is 49.1 Å². The number of nitrogens with zero attached hydrogens (tertiary/aromatic N) is 9. The van der Waals surface area contributed by atoms with Gasteiger partial charge in [0.1, 0.15) is 17.5 Å². The second-order valence-electron chi connectivity index (χ2n) is 20.8. The highest BCUT2D eigenvalue weighted by Gasteiger charge is 2.28. The third-order valence-corrected chi connectivity index (χ3v) is 13.0. The van der Waals surface area contributed by atoms with E-state index >= 15 is 0 Å². The van der Waals surface area contributed by atoms with E-state index in [-0.39, 0.29) is 12.2 Å². The van der Waals surface area contributed by atoms with Crippen LogP contribution in [0.4, 0.5) is 26.7 Å². The van der Waals surface area contributed by atoms with Gasteiger partial charge in [-0.1, -0.05) is 24.3 Å². The third-order valence-electron chi connectivity index (χ3n) is 13.0. The SMILES string of the molecule is CC(C)(C)OC(=O)N1CCN(c2ccc(C=O)cc2)CC1.CN1CCN(Cc2ccc(N3CCN(C(=O)OC(C)(C)C)CC3)cc2)CC1.CN1CCN(Cc2ccc(N3CCNCC3)cc2)CC1. The summed E-state index contributed by atoms with van der Waals surface area (Å²) in [5.41, 5.74) is 6.27. The molecule has 5 aliphatic rings. The fraction of sp³-hybridized carbons (Fsp3) is 0.604. The molecule has 0 unspecified atom stereocenters. The maximum atomic E-state index is 12.2. The smallest absolute Gasteiger partial charge is 0.410 e. The summed E-state index contributed by atoms with van der Waals surface area (Å²) in [5.74, 6) is 0. The minimum absolute atomic E-state index is 0.204. The predicted molar refractivity (Wildman–Crippen MR) is 275 cm³/mol. The van der Waals surface area contributed by atoms with Gasteiger partial charge in [0.25, 0.3) is 0 Å². The molecule has 8 rings (SSSR count). The predicted octanol–water partition coefficient (Wildman–Crippen LogP) is 5.89. The Bertz CT molecular complexity index is 1970. The summed E-state index contributed by atoms with van der Waals surface area (Å²) in [6.07, 6.45) is 0.382. The number of anilines is 3. The van der Waals surface area contributed by atoms with Crippen LogP contribution in [0.15, 0.2) is 72.8 Å². The number of carbonyl (C=O) groups is 3. The minimum atomic E-state index is -0.459. The third kappa shape index (κ3) is 17.2. The summed E-state index contributed by atoms with van der Waals surface area (Å²) in [6.45, 7) is 33.2. The van der Waals surface area contributed by atoms with Gasteiger partial charge in [-0.15, -0.1) is 0 Å². The first kappa shape index (κ1) is 52.4. The van der Waals surface area contributed by atoms with Gasteiger partial charge in [-0.3, -0.25) is 14.6 Å². The van der Waals surface area contributed by atoms with Crippen molar-refractivity contribution in [3.05, 3.63) is 89.5 Å². The van der Waals surface area contributed by atoms with Crippen LogP contribution in [0.2, 0.25) is 0 Å². The van der Waals surface area contributed by atoms with Gasteiger partial charge in [0, 0.05) is 167 Å². The Labute approximate surface area is 407 Å². The van der Waals surface area contributed by atoms with Crippen LogP contribution in [-0.2, 0) is 22.6 Å². The average molecular weight is 939 g/mol. The molecule has 0 atom stereocenters. The Morgan fingerprint density at radius 3 is 1.12 bits per heavy atom. The van der Waals surface area contributed by atoms with E-state index in [1.54, 1.807) is 4.90 Å². The number of carbonyl (C=O) groups excluding carboxylic acids is 3. The van der Waals surface area contributed by atoms with Crippen molar-refractivity contribution in [1.82, 2.24) is 34.7 Å². The van der Waals surface area contributed by atoms with Gasteiger partial charge in [0.15, 0.2) is 0 Å². The molecular weight excluding hydrogens is 857 g/mol. The molecule has 0 bridgehead atoms. The minimum Gasteiger partial charge on any atom is -0.444 e. The van der Waals surface area contributed by atoms with Crippen LogP contribution in [-0.4, -0.2) is 204 Å². The number of benzene rings is 3. The van der Waals surface area contributed by atoms with Crippen molar-refractivity contribution >= 4 is 35.5 Å². The highest BCUT2D eigenvalue weighted by Crippen LogP contribution is 2.22. The highest BCUT2D eigenvalue weighted by molar-refractivity contribution is 5.76. The largest absolute Gasteiger partial charge is 0.444 e. The summed E-state index contributed by atoms with van der Waals surface area (Å²) in [5, 5.41) is 3.40. The molecule has 2 amide bonds. The first-order chi connectivity index (χ1) is 32.5. The number of likely N-dealkylation sites (N-methyl/N-ethyl adjacent to an activating group) is 2. The zero-order valence-electron chi connectivity index (χ0n) is 42.6. The zero-order chi connectivity index (χ0) is 48.7. The van der Waals surface area contributed by atoms with E-state index in [4.69, 9.17) is 9.47 Å². The zero-order valence-corrected chi connectivity index (χ0v) is 42.6. The van der Waals surface area contributed by atoms with Gasteiger partial charge in [0.2, 0.25) is 0 Å². The number of aldehydes is 1. The van der Waals surface area contributed by atoms with Crippen LogP contribution in [0.5, 0.6) is 0 Å². The first-order valence-electron chi connectivity index (χ1n) is 25.0. The van der Waals surface area contributed by atoms with Crippen LogP contribution in [0.25, 0.3) is 0 Å². The molecule has 15 nitrogen and oxygen atoms in total. The fourth-order valence-electron chi connectivity index (χ4n) is 8.79. The fourth-order valence-corrected chi connectivity index (χ4v) is 8.79. The summed E-state index contributed by atoms with van der Waals surface area (Å²) in [6, 6.07) is 25.6. The van der Waals surface area contributed by atoms with Crippen molar-refractivity contribution in [1.29, 1.82) is 0 Å². The number of rotatable bonds is 8. The quantitative estimate of drug-likeness (QED) is 0.272. The van der Waals surface area contributed by atoms with Crippen LogP contribution < -0.4 is 20.0 Å². The first-order valence-corrected chi connectivity index (χ1v) is 25.0. The maximum absolute atomic E-state index is 12.2. The monoisotopic (exact) mass is 939 g/mol. The molecule has 3 aromatic rings. The molecule has 5 aliphatic heterocycles. The van der Waals surface area contributed by atoms with Crippen LogP contribution >= 0.6 is 0 Å². The van der Waals surface area contributed by atoms with Crippen molar-refractivity contribution < 1.29 is 23.9 Å². The number of ether oxygens (including phenoxy) is 2. The molecule has 0 spiro atoms. The molecule has 0 radical (unpaired) electrons. The summed E-state index contributed by atoms with van der Waals surface area (Å²) in [4.78, 5) is 55.3. The van der Waals surface area contributed by atoms with Crippen molar-refractivity contribution in [2.75, 3.05) is 160 Å². The van der Waals surface area contributed by atoms with E-state index in [0.717, 1.165) is 104 Å². The van der Waals surface area contributed by atoms with Gasteiger partial charge >= 0.3 is 12.2 Å². The second kappa shape index (κ2) is 25.1. The molecule has 68 heavy (non-hydrogen) atoms. The maximum Gasteiger partial charge on any atom is 0.410 e. The number of hydrogen-bond acceptors (Lipinski definition) is 13. The highest BCUT2D eigenvalue weighted by atomic mass is 16.6. The lowest BCUT2D eigenvalue weighted by Crippen LogP contribution is -2.50. The van der Waals surface area contributed by atoms with Crippen LogP contribution in [0.3, 0.4) is 0 Å². The standard InChI is InChI=1S/C21H34N4O2.C16H26N4.C16H22N2O3/c1-21(2,3)27-20(26)25-15-13-24(14-16-25)19-7-5-18(6-8-19)17-23-11-9-22(4)10-12-23;1-18-10-12-19(13-11-18)14-15-2-4-16(5-3-15)20-8-6-17-7-9-20;1-16(2,3)21-15(20)18-10-8-17(9-11-18)14-6-4-13(12-19)5-7-14/h5-8H,9-17H2,1-4H3;2-5,17H,6-14H2,1H3;4-7,12H,8-11H2,1-3H3. The lowest BCUT2D eigenvalue weighted by Gasteiger charge is -2.37. The van der Waals surface area contributed by atoms with Gasteiger partial charge in [-0.25, -0.2) is 9.59 Å². The number of amides is 2. The Balaban J connectivity index is 0.000000170. The second-order valence-corrected chi connectivity index (χ2v) is 20.8. The van der Waals surface area contributed by atoms with Crippen LogP contribution in [0, 0.1) is 0 Å². The van der Waals surface area contributed by atoms with E-state index in [1.165, 1.54) is 48.7 Å². The van der Waals surface area contributed by atoms with Crippen molar-refractivity contribution in [3.63, 3.8) is 0 Å². The Hall–Kier alpha value is -4.93. The molecule has 3 aromatic carbocycles. The van der Waals surface area contributed by atoms with Gasteiger partial charge in [-0.05, 0) is 115 Å². The molecule has 0 saturated carbocycles. The van der Waals surface area contributed by atoms with Gasteiger partial charge in [0.05, 0.1) is 0 Å². The van der Waals surface area contributed by atoms with E-state index in [9.17, 15) is 14.4 Å². The number of piperazine rings is 5. The molecular formula is C53H82N10O5. The normalized spacial score (nSPS) is 19.3. The van der Waals surface area contributed by atoms with Gasteiger partial charge in [-0.2, -0.15) is 0 Å². The van der Waals surface area contributed by atoms with E-state index < -0.39 is 11.2 Å². The number of hydrogen-bond donors (Lipinski definition) is 1. The topological polar surface area (TPSA) is 111 Å². The molecule has 15 heteroatoms. The van der Waals surface area contributed by atoms with Crippen molar-refractivity contribution in [3.8, 4) is 0 Å². The molecule has 5 saturated heterocycles. The molecule has 374 valence electrons. The Kier molecular flexibility index (Phi) is 19.3. The average Bonchev–Trinajstić information content (AvgIpc) is 3.33. The lowest BCUT2D eigenvalue weighted by molar-refractivity contribution is 0.0230. The Morgan fingerprint density at radius 1 is 0.471 bits per heavy atom. The molecule has 0 aliphatic carbocycles. The van der Waals surface area contributed by atoms with Crippen molar-refractivity contribution in [2.24, 2.45) is 0 Å². The van der Waals surface area contributed by atoms with Crippen molar-refractivity contribution in [2.45, 2.75) is 65.8 Å². The van der Waals surface area contributed by atoms with Crippen LogP contribution in [0.1, 0.15) is 63.0 Å². The number of nitrogens with one attached hydrogen (secondary N) is 1. The molecule has 5 fully saturated rings. The Morgan fingerprint density at radius 2 is 0.794 bits per heavy atom. The molecule has 1 N–H and O–H groups in total. The summed E-state index contributed by atoms with van der Waals surface area (Å²) in [7, 11) is 4.40. The molecule has 5 heterocycles. The van der Waals surface area contributed by atoms with E-state index in [1.807, 2.05) is 70.7 Å². The lowest BCUT2D eigenvalue weighted by atomic mass is 10.1. The molecule has 0 aromatic heterocycles. The summed E-state index contributed by atoms with van der Waals surface area (Å²) < 4.78 is 10.9. The van der Waals surface area contributed by atoms with E-state index in [2.05, 4.69) is 102 Å². The summed E-state index contributed by atoms with van der Waals surface area (Å²) >= 11 is 0. The van der Waals surface area contributed by atoms with E-state index in [0.29, 0.717) is 31.7 Å².